The summed E-state index contributed by atoms with van der Waals surface area (Å²) in [6.07, 6.45) is 2.15. The average molecular weight is 270 g/mol. The Morgan fingerprint density at radius 1 is 1.67 bits per heavy atom. The number of nitrogens with two attached hydrogens (primary N) is 1. The molecule has 1 aromatic rings. The van der Waals surface area contributed by atoms with Gasteiger partial charge in [0.05, 0.1) is 24.1 Å². The molecular weight excluding hydrogens is 252 g/mol. The van der Waals surface area contributed by atoms with Crippen LogP contribution in [0.2, 0.25) is 0 Å². The molecule has 0 saturated carbocycles. The molecule has 1 rings (SSSR count). The summed E-state index contributed by atoms with van der Waals surface area (Å²) in [6.45, 7) is 4.13. The Hall–Kier alpha value is -1.27. The van der Waals surface area contributed by atoms with Gasteiger partial charge in [0, 0.05) is 11.9 Å². The Bertz CT molecular complexity index is 412. The lowest BCUT2D eigenvalue weighted by molar-refractivity contribution is 0.0521. The fourth-order valence-corrected chi connectivity index (χ4v) is 2.34. The molecule has 0 saturated heterocycles. The van der Waals surface area contributed by atoms with Gasteiger partial charge in [0.25, 0.3) is 0 Å². The zero-order valence-corrected chi connectivity index (χ0v) is 11.4. The van der Waals surface area contributed by atoms with E-state index >= 15 is 0 Å². The summed E-state index contributed by atoms with van der Waals surface area (Å²) in [6, 6.07) is 1.57. The van der Waals surface area contributed by atoms with Crippen molar-refractivity contribution in [2.24, 2.45) is 0 Å². The first-order valence-corrected chi connectivity index (χ1v) is 6.66. The minimum absolute atomic E-state index is 0.109. The molecule has 18 heavy (non-hydrogen) atoms. The molecule has 100 valence electrons. The number of hydrogen-bond acceptors (Lipinski definition) is 6. The van der Waals surface area contributed by atoms with E-state index in [0.717, 1.165) is 0 Å². The first kappa shape index (κ1) is 14.8. The molecule has 0 radical (unpaired) electrons. The summed E-state index contributed by atoms with van der Waals surface area (Å²) < 4.78 is 4.97. The molecule has 0 bridgehead atoms. The molecule has 1 unspecified atom stereocenters. The highest BCUT2D eigenvalue weighted by Crippen LogP contribution is 2.28. The fraction of sp³-hybridized carbons (Fsp3) is 0.500. The maximum absolute atomic E-state index is 11.8. The number of pyridine rings is 1. The fourth-order valence-electron chi connectivity index (χ4n) is 1.35. The van der Waals surface area contributed by atoms with Gasteiger partial charge in [0.15, 0.2) is 0 Å². The highest BCUT2D eigenvalue weighted by atomic mass is 32.2. The van der Waals surface area contributed by atoms with Gasteiger partial charge in [-0.15, -0.1) is 11.8 Å². The maximum Gasteiger partial charge on any atom is 0.340 e. The topological polar surface area (TPSA) is 85.4 Å². The lowest BCUT2D eigenvalue weighted by Gasteiger charge is -2.12. The average Bonchev–Trinajstić information content (AvgIpc) is 2.32. The van der Waals surface area contributed by atoms with Crippen LogP contribution >= 0.6 is 11.8 Å². The van der Waals surface area contributed by atoms with Gasteiger partial charge >= 0.3 is 5.97 Å². The summed E-state index contributed by atoms with van der Waals surface area (Å²) in [7, 11) is 0. The van der Waals surface area contributed by atoms with Crippen LogP contribution in [0.5, 0.6) is 0 Å². The smallest absolute Gasteiger partial charge is 0.340 e. The van der Waals surface area contributed by atoms with Gasteiger partial charge in [-0.25, -0.2) is 9.78 Å². The van der Waals surface area contributed by atoms with Crippen molar-refractivity contribution >= 4 is 23.4 Å². The van der Waals surface area contributed by atoms with Gasteiger partial charge in [-0.2, -0.15) is 0 Å². The Kier molecular flexibility index (Phi) is 5.94. The van der Waals surface area contributed by atoms with Crippen LogP contribution in [0.25, 0.3) is 0 Å². The predicted molar refractivity (Wildman–Crippen MR) is 71.6 cm³/mol. The monoisotopic (exact) mass is 270 g/mol. The normalized spacial score (nSPS) is 12.2. The lowest BCUT2D eigenvalue weighted by Crippen LogP contribution is -2.10. The number of esters is 1. The SMILES string of the molecule is CCOC(=O)c1cc(N)cnc1SC(C)CCO. The third-order valence-electron chi connectivity index (χ3n) is 2.22. The maximum atomic E-state index is 11.8. The number of carbonyl (C=O) groups is 1. The largest absolute Gasteiger partial charge is 0.462 e. The second-order valence-corrected chi connectivity index (χ2v) is 5.21. The number of aliphatic hydroxyl groups is 1. The number of carbonyl (C=O) groups excluding carboxylic acids is 1. The molecule has 1 aromatic heterocycles. The van der Waals surface area contributed by atoms with Crippen LogP contribution in [0.1, 0.15) is 30.6 Å². The van der Waals surface area contributed by atoms with Crippen LogP contribution in [0, 0.1) is 0 Å². The molecule has 0 fully saturated rings. The number of hydrogen-bond donors (Lipinski definition) is 2. The van der Waals surface area contributed by atoms with Crippen LogP contribution in [0.3, 0.4) is 0 Å². The van der Waals surface area contributed by atoms with Crippen molar-refractivity contribution < 1.29 is 14.6 Å². The highest BCUT2D eigenvalue weighted by Gasteiger charge is 2.17. The van der Waals surface area contributed by atoms with Crippen LogP contribution in [-0.4, -0.2) is 34.5 Å². The first-order valence-electron chi connectivity index (χ1n) is 5.78. The van der Waals surface area contributed by atoms with E-state index in [1.165, 1.54) is 18.0 Å². The lowest BCUT2D eigenvalue weighted by atomic mass is 10.2. The van der Waals surface area contributed by atoms with Crippen LogP contribution in [0.4, 0.5) is 5.69 Å². The summed E-state index contributed by atoms with van der Waals surface area (Å²) in [5.41, 5.74) is 6.44. The molecule has 0 spiro atoms. The summed E-state index contributed by atoms with van der Waals surface area (Å²) in [5.74, 6) is -0.420. The summed E-state index contributed by atoms with van der Waals surface area (Å²) in [5, 5.41) is 9.63. The number of rotatable bonds is 6. The van der Waals surface area contributed by atoms with Crippen LogP contribution < -0.4 is 5.73 Å². The zero-order valence-electron chi connectivity index (χ0n) is 10.5. The van der Waals surface area contributed by atoms with E-state index in [1.807, 2.05) is 6.92 Å². The number of ether oxygens (including phenoxy) is 1. The Morgan fingerprint density at radius 3 is 3.00 bits per heavy atom. The van der Waals surface area contributed by atoms with Crippen molar-refractivity contribution in [1.29, 1.82) is 0 Å². The van der Waals surface area contributed by atoms with E-state index in [1.54, 1.807) is 13.0 Å². The molecule has 0 aromatic carbocycles. The molecule has 1 heterocycles. The van der Waals surface area contributed by atoms with E-state index in [0.29, 0.717) is 29.3 Å². The van der Waals surface area contributed by atoms with E-state index in [9.17, 15) is 4.79 Å². The number of aromatic nitrogens is 1. The number of aliphatic hydroxyl groups excluding tert-OH is 1. The quantitative estimate of drug-likeness (QED) is 0.604. The van der Waals surface area contributed by atoms with Crippen molar-refractivity contribution in [3.8, 4) is 0 Å². The molecule has 5 nitrogen and oxygen atoms in total. The molecule has 1 atom stereocenters. The second kappa shape index (κ2) is 7.23. The van der Waals surface area contributed by atoms with Crippen molar-refractivity contribution in [1.82, 2.24) is 4.98 Å². The van der Waals surface area contributed by atoms with E-state index < -0.39 is 5.97 Å². The second-order valence-electron chi connectivity index (χ2n) is 3.78. The zero-order chi connectivity index (χ0) is 13.5. The summed E-state index contributed by atoms with van der Waals surface area (Å²) >= 11 is 1.43. The summed E-state index contributed by atoms with van der Waals surface area (Å²) in [4.78, 5) is 15.9. The van der Waals surface area contributed by atoms with E-state index in [4.69, 9.17) is 15.6 Å². The Labute approximate surface area is 111 Å². The molecule has 0 aliphatic carbocycles. The number of nitrogen functional groups attached to an aromatic ring is 1. The van der Waals surface area contributed by atoms with Crippen LogP contribution in [-0.2, 0) is 4.74 Å². The molecule has 0 amide bonds. The number of nitrogens with zero attached hydrogens (tertiary/aromatic N) is 1. The van der Waals surface area contributed by atoms with Gasteiger partial charge in [-0.3, -0.25) is 0 Å². The van der Waals surface area contributed by atoms with E-state index in [2.05, 4.69) is 4.98 Å². The third kappa shape index (κ3) is 4.19. The minimum atomic E-state index is -0.420. The van der Waals surface area contributed by atoms with Crippen molar-refractivity contribution in [3.05, 3.63) is 17.8 Å². The predicted octanol–water partition coefficient (Wildman–Crippen LogP) is 1.70. The number of anilines is 1. The molecule has 0 aliphatic rings. The minimum Gasteiger partial charge on any atom is -0.462 e. The molecule has 0 aliphatic heterocycles. The number of thioether (sulfide) groups is 1. The first-order chi connectivity index (χ1) is 8.58. The Balaban J connectivity index is 2.92. The third-order valence-corrected chi connectivity index (χ3v) is 3.40. The van der Waals surface area contributed by atoms with Crippen molar-refractivity contribution in [2.75, 3.05) is 18.9 Å². The standard InChI is InChI=1S/C12H18N2O3S/c1-3-17-12(16)10-6-9(13)7-14-11(10)18-8(2)4-5-15/h6-8,15H,3-5,13H2,1-2H3. The molecule has 3 N–H and O–H groups in total. The highest BCUT2D eigenvalue weighted by molar-refractivity contribution is 7.99. The van der Waals surface area contributed by atoms with E-state index in [-0.39, 0.29) is 11.9 Å². The molecular formula is C12H18N2O3S. The van der Waals surface area contributed by atoms with Crippen molar-refractivity contribution in [3.63, 3.8) is 0 Å². The van der Waals surface area contributed by atoms with Gasteiger partial charge in [-0.1, -0.05) is 6.92 Å². The van der Waals surface area contributed by atoms with Gasteiger partial charge < -0.3 is 15.6 Å². The van der Waals surface area contributed by atoms with Gasteiger partial charge in [-0.05, 0) is 19.4 Å². The van der Waals surface area contributed by atoms with Crippen LogP contribution in [0.15, 0.2) is 17.3 Å². The van der Waals surface area contributed by atoms with Gasteiger partial charge in [0.1, 0.15) is 5.03 Å². The van der Waals surface area contributed by atoms with Gasteiger partial charge in [0.2, 0.25) is 0 Å². The van der Waals surface area contributed by atoms with Crippen molar-refractivity contribution in [2.45, 2.75) is 30.5 Å². The molecule has 6 heteroatoms. The Morgan fingerprint density at radius 2 is 2.39 bits per heavy atom.